The highest BCUT2D eigenvalue weighted by Crippen LogP contribution is 2.36. The van der Waals surface area contributed by atoms with Gasteiger partial charge < -0.3 is 19.3 Å². The van der Waals surface area contributed by atoms with Gasteiger partial charge in [0, 0.05) is 12.8 Å². The summed E-state index contributed by atoms with van der Waals surface area (Å²) in [6.45, 7) is 3.54. The standard InChI is InChI=1S/C43H73O8P/c1-3-5-7-9-11-13-15-17-19-21-23-25-27-29-31-33-35-37-42(44)49-39-41(40-50-52(46,47)48)51-43(45)38-36-34-32-30-28-26-24-22-20-18-16-14-12-10-8-6-4-2/h7,9,13,15,19,21,24-27,30,32,41H,3-6,8,10-12,14,16-18,20,22-23,28-29,31,33-40H2,1-2H3,(H2,46,47,48)/b9-7+,15-13+,21-19+,26-24+,27-25+,32-30+/t41-/m1/s1. The first-order chi connectivity index (χ1) is 25.3. The monoisotopic (exact) mass is 749 g/mol. The molecule has 0 aliphatic heterocycles. The van der Waals surface area contributed by atoms with Gasteiger partial charge in [-0.2, -0.15) is 0 Å². The maximum absolute atomic E-state index is 12.4. The molecule has 0 radical (unpaired) electrons. The van der Waals surface area contributed by atoms with Crippen molar-refractivity contribution in [2.24, 2.45) is 0 Å². The van der Waals surface area contributed by atoms with Gasteiger partial charge in [-0.1, -0.05) is 151 Å². The highest BCUT2D eigenvalue weighted by molar-refractivity contribution is 7.46. The van der Waals surface area contributed by atoms with E-state index in [2.05, 4.69) is 85.2 Å². The van der Waals surface area contributed by atoms with E-state index in [0.29, 0.717) is 19.3 Å². The minimum absolute atomic E-state index is 0.137. The molecule has 0 bridgehead atoms. The van der Waals surface area contributed by atoms with Crippen LogP contribution in [-0.2, 0) is 28.2 Å². The number of carbonyl (C=O) groups is 2. The molecular weight excluding hydrogens is 675 g/mol. The predicted molar refractivity (Wildman–Crippen MR) is 216 cm³/mol. The Hall–Kier alpha value is -2.51. The van der Waals surface area contributed by atoms with Gasteiger partial charge in [0.2, 0.25) is 0 Å². The number of carbonyl (C=O) groups excluding carboxylic acids is 2. The highest BCUT2D eigenvalue weighted by atomic mass is 31.2. The van der Waals surface area contributed by atoms with Crippen LogP contribution in [0, 0.1) is 0 Å². The summed E-state index contributed by atoms with van der Waals surface area (Å²) in [5.74, 6) is -0.980. The summed E-state index contributed by atoms with van der Waals surface area (Å²) in [7, 11) is -4.77. The third kappa shape index (κ3) is 40.3. The van der Waals surface area contributed by atoms with Gasteiger partial charge in [0.05, 0.1) is 6.61 Å². The zero-order valence-electron chi connectivity index (χ0n) is 32.7. The molecule has 0 aliphatic rings. The van der Waals surface area contributed by atoms with Crippen molar-refractivity contribution < 1.29 is 37.9 Å². The van der Waals surface area contributed by atoms with Crippen molar-refractivity contribution in [3.63, 3.8) is 0 Å². The van der Waals surface area contributed by atoms with Crippen LogP contribution in [0.4, 0.5) is 0 Å². The number of hydrogen-bond acceptors (Lipinski definition) is 6. The van der Waals surface area contributed by atoms with Gasteiger partial charge in [0.1, 0.15) is 6.61 Å². The zero-order valence-corrected chi connectivity index (χ0v) is 33.6. The lowest BCUT2D eigenvalue weighted by molar-refractivity contribution is -0.161. The van der Waals surface area contributed by atoms with E-state index in [4.69, 9.17) is 19.3 Å². The Morgan fingerprint density at radius 1 is 0.500 bits per heavy atom. The quantitative estimate of drug-likeness (QED) is 0.0281. The topological polar surface area (TPSA) is 119 Å². The molecule has 8 nitrogen and oxygen atoms in total. The Labute approximate surface area is 317 Å². The van der Waals surface area contributed by atoms with E-state index in [1.807, 2.05) is 6.08 Å². The molecule has 0 heterocycles. The van der Waals surface area contributed by atoms with Crippen LogP contribution in [0.1, 0.15) is 168 Å². The molecule has 298 valence electrons. The number of esters is 2. The summed E-state index contributed by atoms with van der Waals surface area (Å²) >= 11 is 0. The molecular formula is C43H73O8P. The van der Waals surface area contributed by atoms with E-state index in [1.54, 1.807) is 0 Å². The van der Waals surface area contributed by atoms with Crippen LogP contribution in [-0.4, -0.2) is 41.0 Å². The van der Waals surface area contributed by atoms with Crippen LogP contribution in [0.5, 0.6) is 0 Å². The Bertz CT molecular complexity index is 1070. The third-order valence-corrected chi connectivity index (χ3v) is 8.66. The average Bonchev–Trinajstić information content (AvgIpc) is 3.11. The fourth-order valence-electron chi connectivity index (χ4n) is 5.17. The van der Waals surface area contributed by atoms with Crippen molar-refractivity contribution in [2.45, 2.75) is 174 Å². The van der Waals surface area contributed by atoms with Crippen LogP contribution in [0.2, 0.25) is 0 Å². The van der Waals surface area contributed by atoms with Gasteiger partial charge in [-0.05, 0) is 77.0 Å². The summed E-state index contributed by atoms with van der Waals surface area (Å²) in [5, 5.41) is 0. The summed E-state index contributed by atoms with van der Waals surface area (Å²) in [4.78, 5) is 42.8. The minimum Gasteiger partial charge on any atom is -0.462 e. The number of phosphoric acid groups is 1. The van der Waals surface area contributed by atoms with Crippen molar-refractivity contribution in [3.05, 3.63) is 72.9 Å². The Morgan fingerprint density at radius 2 is 0.923 bits per heavy atom. The molecule has 0 aliphatic carbocycles. The molecule has 0 spiro atoms. The Morgan fingerprint density at radius 3 is 1.42 bits per heavy atom. The molecule has 0 amide bonds. The number of allylic oxidation sites excluding steroid dienone is 12. The summed E-state index contributed by atoms with van der Waals surface area (Å²) in [5.41, 5.74) is 0. The van der Waals surface area contributed by atoms with Crippen molar-refractivity contribution in [3.8, 4) is 0 Å². The van der Waals surface area contributed by atoms with Gasteiger partial charge in [-0.3, -0.25) is 14.1 Å². The molecule has 0 saturated carbocycles. The molecule has 0 saturated heterocycles. The number of unbranched alkanes of at least 4 members (excludes halogenated alkanes) is 14. The van der Waals surface area contributed by atoms with E-state index >= 15 is 0 Å². The highest BCUT2D eigenvalue weighted by Gasteiger charge is 2.22. The van der Waals surface area contributed by atoms with Crippen molar-refractivity contribution >= 4 is 19.8 Å². The summed E-state index contributed by atoms with van der Waals surface area (Å²) in [6.07, 6.45) is 49.1. The molecule has 0 aromatic heterocycles. The molecule has 9 heteroatoms. The molecule has 0 unspecified atom stereocenters. The fourth-order valence-corrected chi connectivity index (χ4v) is 5.53. The second kappa shape index (κ2) is 38.2. The normalized spacial score (nSPS) is 13.2. The van der Waals surface area contributed by atoms with E-state index in [-0.39, 0.29) is 19.4 Å². The van der Waals surface area contributed by atoms with Crippen molar-refractivity contribution in [1.82, 2.24) is 0 Å². The molecule has 0 aromatic rings. The van der Waals surface area contributed by atoms with Gasteiger partial charge in [0.15, 0.2) is 6.10 Å². The second-order valence-corrected chi connectivity index (χ2v) is 14.5. The molecule has 0 rings (SSSR count). The molecule has 2 N–H and O–H groups in total. The smallest absolute Gasteiger partial charge is 0.462 e. The zero-order chi connectivity index (χ0) is 38.2. The number of rotatable bonds is 36. The van der Waals surface area contributed by atoms with Crippen LogP contribution in [0.25, 0.3) is 0 Å². The van der Waals surface area contributed by atoms with E-state index in [1.165, 1.54) is 64.2 Å². The lowest BCUT2D eigenvalue weighted by Crippen LogP contribution is -2.29. The van der Waals surface area contributed by atoms with Crippen LogP contribution in [0.15, 0.2) is 72.9 Å². The first-order valence-electron chi connectivity index (χ1n) is 20.2. The first kappa shape index (κ1) is 49.5. The lowest BCUT2D eigenvalue weighted by atomic mass is 10.1. The largest absolute Gasteiger partial charge is 0.469 e. The average molecular weight is 749 g/mol. The van der Waals surface area contributed by atoms with Gasteiger partial charge in [-0.15, -0.1) is 0 Å². The molecule has 1 atom stereocenters. The van der Waals surface area contributed by atoms with Crippen molar-refractivity contribution in [1.29, 1.82) is 0 Å². The van der Waals surface area contributed by atoms with Gasteiger partial charge in [-0.25, -0.2) is 4.57 Å². The molecule has 0 aromatic carbocycles. The number of ether oxygens (including phenoxy) is 2. The predicted octanol–water partition coefficient (Wildman–Crippen LogP) is 12.3. The van der Waals surface area contributed by atoms with Crippen molar-refractivity contribution in [2.75, 3.05) is 13.2 Å². The lowest BCUT2D eigenvalue weighted by Gasteiger charge is -2.18. The van der Waals surface area contributed by atoms with Gasteiger partial charge >= 0.3 is 19.8 Å². The Balaban J connectivity index is 4.08. The van der Waals surface area contributed by atoms with Crippen LogP contribution < -0.4 is 0 Å². The first-order valence-corrected chi connectivity index (χ1v) is 21.8. The summed E-state index contributed by atoms with van der Waals surface area (Å²) in [6, 6.07) is 0. The fraction of sp³-hybridized carbons (Fsp3) is 0.674. The summed E-state index contributed by atoms with van der Waals surface area (Å²) < 4.78 is 26.3. The van der Waals surface area contributed by atoms with E-state index < -0.39 is 32.5 Å². The SMILES string of the molecule is CCC/C=C/C/C=C/C/C=C/C/C=C/CCCCCC(=O)OC[C@H](COP(=O)(O)O)OC(=O)CCC/C=C/C/C=C/CCCCCCCCCCC. The maximum Gasteiger partial charge on any atom is 0.469 e. The second-order valence-electron chi connectivity index (χ2n) is 13.2. The van der Waals surface area contributed by atoms with Gasteiger partial charge in [0.25, 0.3) is 0 Å². The van der Waals surface area contributed by atoms with Crippen LogP contribution >= 0.6 is 7.82 Å². The van der Waals surface area contributed by atoms with Crippen LogP contribution in [0.3, 0.4) is 0 Å². The Kier molecular flexibility index (Phi) is 36.4. The van der Waals surface area contributed by atoms with E-state index in [9.17, 15) is 14.2 Å². The number of phosphoric ester groups is 1. The minimum atomic E-state index is -4.77. The number of hydrogen-bond donors (Lipinski definition) is 2. The molecule has 52 heavy (non-hydrogen) atoms. The maximum atomic E-state index is 12.4. The molecule has 0 fully saturated rings. The third-order valence-electron chi connectivity index (χ3n) is 8.18. The van der Waals surface area contributed by atoms with E-state index in [0.717, 1.165) is 57.8 Å².